The summed E-state index contributed by atoms with van der Waals surface area (Å²) in [5, 5.41) is 20.1. The number of hydrogen-bond acceptors (Lipinski definition) is 5. The molecule has 0 aliphatic rings. The zero-order valence-electron chi connectivity index (χ0n) is 12.4. The number of nitro groups is 1. The summed E-state index contributed by atoms with van der Waals surface area (Å²) in [7, 11) is 1.37. The molecule has 0 saturated heterocycles. The number of carbonyl (C=O) groups is 1. The van der Waals surface area contributed by atoms with Gasteiger partial charge in [0.05, 0.1) is 18.0 Å². The Bertz CT molecular complexity index is 518. The molecule has 0 aliphatic carbocycles. The zero-order chi connectivity index (χ0) is 16.0. The standard InChI is InChI=1S/C14H20N2O5/c1-4-7-15(9-10(2)14(17)18)11-5-6-13(21-3)12(8-11)16(19)20/h5-6,8,10H,4,7,9H2,1-3H3,(H,17,18). The second-order valence-electron chi connectivity index (χ2n) is 4.80. The number of hydrogen-bond donors (Lipinski definition) is 1. The van der Waals surface area contributed by atoms with Crippen LogP contribution in [0.5, 0.6) is 5.75 Å². The minimum absolute atomic E-state index is 0.126. The van der Waals surface area contributed by atoms with E-state index in [2.05, 4.69) is 0 Å². The number of carboxylic acids is 1. The molecular formula is C14H20N2O5. The highest BCUT2D eigenvalue weighted by Crippen LogP contribution is 2.31. The van der Waals surface area contributed by atoms with Crippen molar-refractivity contribution >= 4 is 17.3 Å². The van der Waals surface area contributed by atoms with Crippen LogP contribution in [0.15, 0.2) is 18.2 Å². The molecule has 0 saturated carbocycles. The van der Waals surface area contributed by atoms with E-state index in [1.807, 2.05) is 11.8 Å². The van der Waals surface area contributed by atoms with E-state index in [1.54, 1.807) is 13.0 Å². The third kappa shape index (κ3) is 4.34. The predicted octanol–water partition coefficient (Wildman–Crippen LogP) is 2.54. The Morgan fingerprint density at radius 3 is 2.67 bits per heavy atom. The number of benzene rings is 1. The van der Waals surface area contributed by atoms with Gasteiger partial charge in [0, 0.05) is 24.8 Å². The largest absolute Gasteiger partial charge is 0.490 e. The molecular weight excluding hydrogens is 276 g/mol. The van der Waals surface area contributed by atoms with E-state index in [4.69, 9.17) is 9.84 Å². The quantitative estimate of drug-likeness (QED) is 0.585. The molecule has 0 aromatic heterocycles. The molecule has 1 unspecified atom stereocenters. The number of anilines is 1. The van der Waals surface area contributed by atoms with Crippen LogP contribution in [-0.4, -0.2) is 36.2 Å². The molecule has 0 radical (unpaired) electrons. The number of nitro benzene ring substituents is 1. The fraction of sp³-hybridized carbons (Fsp3) is 0.500. The maximum Gasteiger partial charge on any atom is 0.312 e. The minimum Gasteiger partial charge on any atom is -0.490 e. The summed E-state index contributed by atoms with van der Waals surface area (Å²) in [4.78, 5) is 23.4. The van der Waals surface area contributed by atoms with Crippen molar-refractivity contribution in [3.8, 4) is 5.75 Å². The highest BCUT2D eigenvalue weighted by Gasteiger charge is 2.20. The van der Waals surface area contributed by atoms with Crippen LogP contribution >= 0.6 is 0 Å². The lowest BCUT2D eigenvalue weighted by Crippen LogP contribution is -2.32. The molecule has 7 heteroatoms. The average molecular weight is 296 g/mol. The second kappa shape index (κ2) is 7.47. The van der Waals surface area contributed by atoms with Crippen molar-refractivity contribution in [1.82, 2.24) is 0 Å². The van der Waals surface area contributed by atoms with Gasteiger partial charge in [0.1, 0.15) is 0 Å². The Balaban J connectivity index is 3.10. The summed E-state index contributed by atoms with van der Waals surface area (Å²) in [5.74, 6) is -1.26. The van der Waals surface area contributed by atoms with Crippen LogP contribution < -0.4 is 9.64 Å². The van der Waals surface area contributed by atoms with E-state index in [0.717, 1.165) is 6.42 Å². The van der Waals surface area contributed by atoms with E-state index in [0.29, 0.717) is 18.8 Å². The average Bonchev–Trinajstić information content (AvgIpc) is 2.45. The molecule has 116 valence electrons. The summed E-state index contributed by atoms with van der Waals surface area (Å²) in [5.41, 5.74) is 0.497. The predicted molar refractivity (Wildman–Crippen MR) is 79.0 cm³/mol. The van der Waals surface area contributed by atoms with Crippen LogP contribution in [-0.2, 0) is 4.79 Å². The number of carboxylic acid groups (broad SMARTS) is 1. The van der Waals surface area contributed by atoms with Crippen molar-refractivity contribution in [3.05, 3.63) is 28.3 Å². The number of rotatable bonds is 8. The van der Waals surface area contributed by atoms with Gasteiger partial charge in [0.25, 0.3) is 0 Å². The second-order valence-corrected chi connectivity index (χ2v) is 4.80. The summed E-state index contributed by atoms with van der Waals surface area (Å²) in [6.45, 7) is 4.51. The summed E-state index contributed by atoms with van der Waals surface area (Å²) in [6, 6.07) is 4.65. The van der Waals surface area contributed by atoms with Crippen LogP contribution in [0, 0.1) is 16.0 Å². The van der Waals surface area contributed by atoms with Gasteiger partial charge in [0.2, 0.25) is 0 Å². The Morgan fingerprint density at radius 1 is 1.52 bits per heavy atom. The molecule has 21 heavy (non-hydrogen) atoms. The van der Waals surface area contributed by atoms with Crippen molar-refractivity contribution in [3.63, 3.8) is 0 Å². The van der Waals surface area contributed by atoms with E-state index in [1.165, 1.54) is 19.2 Å². The number of ether oxygens (including phenoxy) is 1. The van der Waals surface area contributed by atoms with Crippen molar-refractivity contribution in [1.29, 1.82) is 0 Å². The van der Waals surface area contributed by atoms with Gasteiger partial charge in [0.15, 0.2) is 5.75 Å². The van der Waals surface area contributed by atoms with Gasteiger partial charge in [-0.15, -0.1) is 0 Å². The smallest absolute Gasteiger partial charge is 0.312 e. The van der Waals surface area contributed by atoms with E-state index in [9.17, 15) is 14.9 Å². The van der Waals surface area contributed by atoms with Gasteiger partial charge in [-0.25, -0.2) is 0 Å². The lowest BCUT2D eigenvalue weighted by atomic mass is 10.1. The minimum atomic E-state index is -0.890. The van der Waals surface area contributed by atoms with Gasteiger partial charge in [-0.3, -0.25) is 14.9 Å². The Morgan fingerprint density at radius 2 is 2.19 bits per heavy atom. The first-order valence-electron chi connectivity index (χ1n) is 6.70. The SMILES string of the molecule is CCCN(CC(C)C(=O)O)c1ccc(OC)c([N+](=O)[O-])c1. The first kappa shape index (κ1) is 16.7. The lowest BCUT2D eigenvalue weighted by Gasteiger charge is -2.26. The molecule has 0 bridgehead atoms. The monoisotopic (exact) mass is 296 g/mol. The normalized spacial score (nSPS) is 11.8. The third-order valence-electron chi connectivity index (χ3n) is 3.13. The fourth-order valence-electron chi connectivity index (χ4n) is 2.02. The van der Waals surface area contributed by atoms with Gasteiger partial charge < -0.3 is 14.7 Å². The van der Waals surface area contributed by atoms with E-state index < -0.39 is 16.8 Å². The molecule has 7 nitrogen and oxygen atoms in total. The van der Waals surface area contributed by atoms with Crippen molar-refractivity contribution in [2.45, 2.75) is 20.3 Å². The highest BCUT2D eigenvalue weighted by molar-refractivity contribution is 5.71. The van der Waals surface area contributed by atoms with E-state index >= 15 is 0 Å². The molecule has 0 aliphatic heterocycles. The van der Waals surface area contributed by atoms with Crippen LogP contribution in [0.4, 0.5) is 11.4 Å². The molecule has 0 heterocycles. The van der Waals surface area contributed by atoms with Crippen LogP contribution in [0.3, 0.4) is 0 Å². The fourth-order valence-corrected chi connectivity index (χ4v) is 2.02. The Hall–Kier alpha value is -2.31. The van der Waals surface area contributed by atoms with Gasteiger partial charge >= 0.3 is 11.7 Å². The van der Waals surface area contributed by atoms with Crippen molar-refractivity contribution in [2.24, 2.45) is 5.92 Å². The molecule has 0 fully saturated rings. The van der Waals surface area contributed by atoms with Gasteiger partial charge in [-0.2, -0.15) is 0 Å². The Labute approximate surface area is 123 Å². The van der Waals surface area contributed by atoms with Crippen molar-refractivity contribution < 1.29 is 19.6 Å². The van der Waals surface area contributed by atoms with Crippen LogP contribution in [0.25, 0.3) is 0 Å². The summed E-state index contributed by atoms with van der Waals surface area (Å²) in [6.07, 6.45) is 0.812. The van der Waals surface area contributed by atoms with Crippen molar-refractivity contribution in [2.75, 3.05) is 25.1 Å². The number of aliphatic carboxylic acids is 1. The highest BCUT2D eigenvalue weighted by atomic mass is 16.6. The first-order valence-corrected chi connectivity index (χ1v) is 6.70. The molecule has 0 amide bonds. The molecule has 1 aromatic rings. The number of methoxy groups -OCH3 is 1. The Kier molecular flexibility index (Phi) is 5.95. The molecule has 1 N–H and O–H groups in total. The maximum absolute atomic E-state index is 11.1. The summed E-state index contributed by atoms with van der Waals surface area (Å²) >= 11 is 0. The van der Waals surface area contributed by atoms with Crippen LogP contribution in [0.2, 0.25) is 0 Å². The molecule has 1 rings (SSSR count). The zero-order valence-corrected chi connectivity index (χ0v) is 12.4. The van der Waals surface area contributed by atoms with Gasteiger partial charge in [-0.05, 0) is 18.6 Å². The van der Waals surface area contributed by atoms with E-state index in [-0.39, 0.29) is 11.4 Å². The molecule has 1 aromatic carbocycles. The molecule has 1 atom stereocenters. The van der Waals surface area contributed by atoms with Gasteiger partial charge in [-0.1, -0.05) is 13.8 Å². The first-order chi connectivity index (χ1) is 9.90. The van der Waals surface area contributed by atoms with Crippen LogP contribution in [0.1, 0.15) is 20.3 Å². The third-order valence-corrected chi connectivity index (χ3v) is 3.13. The lowest BCUT2D eigenvalue weighted by molar-refractivity contribution is -0.385. The molecule has 0 spiro atoms. The summed E-state index contributed by atoms with van der Waals surface area (Å²) < 4.78 is 4.97. The topological polar surface area (TPSA) is 92.9 Å². The number of nitrogens with zero attached hydrogens (tertiary/aromatic N) is 2. The maximum atomic E-state index is 11.1.